The number of ketones is 1. The van der Waals surface area contributed by atoms with Crippen LogP contribution in [0.5, 0.6) is 0 Å². The average molecular weight is 498 g/mol. The first-order valence-corrected chi connectivity index (χ1v) is 11.5. The van der Waals surface area contributed by atoms with Crippen LogP contribution in [0.2, 0.25) is 10.0 Å². The molecule has 0 aliphatic heterocycles. The molecule has 0 bridgehead atoms. The van der Waals surface area contributed by atoms with Crippen molar-refractivity contribution < 1.29 is 9.59 Å². The molecule has 0 radical (unpaired) electrons. The minimum Gasteiger partial charge on any atom is -0.325 e. The van der Waals surface area contributed by atoms with Crippen LogP contribution in [0.25, 0.3) is 17.1 Å². The monoisotopic (exact) mass is 497 g/mol. The minimum atomic E-state index is -0.243. The summed E-state index contributed by atoms with van der Waals surface area (Å²) >= 11 is 13.5. The van der Waals surface area contributed by atoms with Crippen molar-refractivity contribution in [2.75, 3.05) is 11.1 Å². The molecule has 1 N–H and O–H groups in total. The summed E-state index contributed by atoms with van der Waals surface area (Å²) < 4.78 is 1.80. The fraction of sp³-hybridized carbons (Fsp3) is 0.0870. The quantitative estimate of drug-likeness (QED) is 0.265. The minimum absolute atomic E-state index is 0.0712. The molecule has 2 aromatic carbocycles. The van der Waals surface area contributed by atoms with Crippen LogP contribution in [-0.2, 0) is 4.79 Å². The molecule has 2 heterocycles. The molecule has 166 valence electrons. The topological polar surface area (TPSA) is 89.8 Å². The van der Waals surface area contributed by atoms with E-state index in [-0.39, 0.29) is 17.4 Å². The summed E-state index contributed by atoms with van der Waals surface area (Å²) in [7, 11) is 0. The van der Waals surface area contributed by atoms with E-state index in [1.54, 1.807) is 65.5 Å². The van der Waals surface area contributed by atoms with Crippen molar-refractivity contribution in [3.63, 3.8) is 0 Å². The van der Waals surface area contributed by atoms with E-state index in [1.165, 1.54) is 18.7 Å². The summed E-state index contributed by atoms with van der Waals surface area (Å²) in [6.45, 7) is 1.48. The molecular formula is C23H17Cl2N5O2S. The van der Waals surface area contributed by atoms with Gasteiger partial charge in [0.1, 0.15) is 0 Å². The van der Waals surface area contributed by atoms with Gasteiger partial charge in [-0.15, -0.1) is 10.2 Å². The Hall–Kier alpha value is -3.20. The zero-order valence-electron chi connectivity index (χ0n) is 17.3. The Morgan fingerprint density at radius 2 is 1.88 bits per heavy atom. The highest BCUT2D eigenvalue weighted by Crippen LogP contribution is 2.31. The summed E-state index contributed by atoms with van der Waals surface area (Å²) in [4.78, 5) is 28.3. The number of rotatable bonds is 7. The molecule has 0 spiro atoms. The number of carbonyl (C=O) groups excluding carboxylic acids is 2. The summed E-state index contributed by atoms with van der Waals surface area (Å²) in [6, 6.07) is 15.7. The molecule has 4 aromatic rings. The number of Topliss-reactive ketones (excluding diaryl/α,β-unsaturated/α-hetero) is 1. The third-order valence-electron chi connectivity index (χ3n) is 4.60. The molecule has 0 atom stereocenters. The van der Waals surface area contributed by atoms with Crippen molar-refractivity contribution in [2.24, 2.45) is 0 Å². The van der Waals surface area contributed by atoms with E-state index >= 15 is 0 Å². The average Bonchev–Trinajstić information content (AvgIpc) is 3.24. The largest absolute Gasteiger partial charge is 0.325 e. The summed E-state index contributed by atoms with van der Waals surface area (Å²) in [5, 5.41) is 12.7. The van der Waals surface area contributed by atoms with E-state index in [2.05, 4.69) is 20.5 Å². The number of hydrogen-bond acceptors (Lipinski definition) is 6. The van der Waals surface area contributed by atoms with Crippen molar-refractivity contribution in [1.82, 2.24) is 19.7 Å². The smallest absolute Gasteiger partial charge is 0.234 e. The van der Waals surface area contributed by atoms with Crippen molar-refractivity contribution in [2.45, 2.75) is 12.1 Å². The first-order chi connectivity index (χ1) is 15.9. The second kappa shape index (κ2) is 10.2. The van der Waals surface area contributed by atoms with Crippen LogP contribution in [0.4, 0.5) is 5.69 Å². The molecule has 0 unspecified atom stereocenters. The number of halogens is 2. The number of anilines is 1. The molecule has 0 saturated carbocycles. The van der Waals surface area contributed by atoms with E-state index in [1.807, 2.05) is 6.07 Å². The van der Waals surface area contributed by atoms with E-state index in [4.69, 9.17) is 23.2 Å². The summed E-state index contributed by atoms with van der Waals surface area (Å²) in [6.07, 6.45) is 3.35. The maximum atomic E-state index is 12.6. The third kappa shape index (κ3) is 5.42. The van der Waals surface area contributed by atoms with Gasteiger partial charge in [-0.25, -0.2) is 0 Å². The van der Waals surface area contributed by atoms with Crippen LogP contribution in [0, 0.1) is 0 Å². The van der Waals surface area contributed by atoms with Gasteiger partial charge in [-0.3, -0.25) is 19.1 Å². The van der Waals surface area contributed by atoms with Gasteiger partial charge in [0.25, 0.3) is 0 Å². The number of carbonyl (C=O) groups is 2. The predicted molar refractivity (Wildman–Crippen MR) is 130 cm³/mol. The molecule has 7 nitrogen and oxygen atoms in total. The van der Waals surface area contributed by atoms with Crippen LogP contribution in [0.15, 0.2) is 72.1 Å². The standard InChI is InChI=1S/C23H17Cl2N5O2S/c1-14(31)15-4-2-6-17(10-15)27-21(32)13-33-23-29-28-22(16-5-3-9-26-12-16)30(23)18-7-8-19(24)20(25)11-18/h2-12H,13H2,1H3,(H,27,32). The van der Waals surface area contributed by atoms with Crippen molar-refractivity contribution >= 4 is 52.3 Å². The summed E-state index contributed by atoms with van der Waals surface area (Å²) in [5.41, 5.74) is 2.54. The first-order valence-electron chi connectivity index (χ1n) is 9.77. The van der Waals surface area contributed by atoms with Gasteiger partial charge >= 0.3 is 0 Å². The fourth-order valence-corrected chi connectivity index (χ4v) is 4.09. The lowest BCUT2D eigenvalue weighted by molar-refractivity contribution is -0.113. The number of pyridine rings is 1. The Balaban J connectivity index is 1.59. The van der Waals surface area contributed by atoms with Crippen LogP contribution in [-0.4, -0.2) is 37.2 Å². The van der Waals surface area contributed by atoms with E-state index in [9.17, 15) is 9.59 Å². The number of nitrogens with zero attached hydrogens (tertiary/aromatic N) is 4. The molecule has 4 rings (SSSR count). The van der Waals surface area contributed by atoms with Crippen LogP contribution < -0.4 is 5.32 Å². The van der Waals surface area contributed by atoms with Crippen molar-refractivity contribution in [1.29, 1.82) is 0 Å². The first kappa shape index (κ1) is 23.0. The number of benzene rings is 2. The number of thioether (sulfide) groups is 1. The van der Waals surface area contributed by atoms with Crippen LogP contribution >= 0.6 is 35.0 Å². The lowest BCUT2D eigenvalue weighted by atomic mass is 10.1. The predicted octanol–water partition coefficient (Wildman–Crippen LogP) is 5.57. The zero-order chi connectivity index (χ0) is 23.4. The third-order valence-corrected chi connectivity index (χ3v) is 6.27. The normalized spacial score (nSPS) is 10.8. The van der Waals surface area contributed by atoms with Gasteiger partial charge in [0.2, 0.25) is 5.91 Å². The molecular weight excluding hydrogens is 481 g/mol. The highest BCUT2D eigenvalue weighted by Gasteiger charge is 2.18. The Labute approximate surface area is 204 Å². The van der Waals surface area contributed by atoms with Gasteiger partial charge in [-0.1, -0.05) is 47.1 Å². The van der Waals surface area contributed by atoms with Crippen LogP contribution in [0.1, 0.15) is 17.3 Å². The van der Waals surface area contributed by atoms with E-state index in [0.29, 0.717) is 38.0 Å². The lowest BCUT2D eigenvalue weighted by Crippen LogP contribution is -2.15. The lowest BCUT2D eigenvalue weighted by Gasteiger charge is -2.11. The molecule has 0 aliphatic rings. The van der Waals surface area contributed by atoms with E-state index in [0.717, 1.165) is 5.56 Å². The van der Waals surface area contributed by atoms with Gasteiger partial charge in [-0.05, 0) is 49.4 Å². The Kier molecular flexibility index (Phi) is 7.08. The number of amides is 1. The Morgan fingerprint density at radius 3 is 2.61 bits per heavy atom. The second-order valence-electron chi connectivity index (χ2n) is 6.96. The number of hydrogen-bond donors (Lipinski definition) is 1. The number of nitrogens with one attached hydrogen (secondary N) is 1. The van der Waals surface area contributed by atoms with Gasteiger partial charge in [-0.2, -0.15) is 0 Å². The second-order valence-corrected chi connectivity index (χ2v) is 8.71. The zero-order valence-corrected chi connectivity index (χ0v) is 19.7. The summed E-state index contributed by atoms with van der Waals surface area (Å²) in [5.74, 6) is 0.320. The Morgan fingerprint density at radius 1 is 1.03 bits per heavy atom. The molecule has 10 heteroatoms. The molecule has 2 aromatic heterocycles. The molecule has 0 fully saturated rings. The fourth-order valence-electron chi connectivity index (χ4n) is 3.05. The molecule has 1 amide bonds. The molecule has 33 heavy (non-hydrogen) atoms. The molecule has 0 aliphatic carbocycles. The highest BCUT2D eigenvalue weighted by atomic mass is 35.5. The maximum Gasteiger partial charge on any atom is 0.234 e. The Bertz CT molecular complexity index is 1330. The van der Waals surface area contributed by atoms with Gasteiger partial charge in [0, 0.05) is 29.2 Å². The van der Waals surface area contributed by atoms with Gasteiger partial charge in [0.05, 0.1) is 21.5 Å². The van der Waals surface area contributed by atoms with Crippen molar-refractivity contribution in [3.05, 3.63) is 82.6 Å². The highest BCUT2D eigenvalue weighted by molar-refractivity contribution is 7.99. The van der Waals surface area contributed by atoms with Gasteiger partial charge < -0.3 is 5.32 Å². The number of aromatic nitrogens is 4. The van der Waals surface area contributed by atoms with Gasteiger partial charge in [0.15, 0.2) is 16.8 Å². The van der Waals surface area contributed by atoms with Crippen molar-refractivity contribution in [3.8, 4) is 17.1 Å². The van der Waals surface area contributed by atoms with Crippen LogP contribution in [0.3, 0.4) is 0 Å². The molecule has 0 saturated heterocycles. The maximum absolute atomic E-state index is 12.6. The van der Waals surface area contributed by atoms with E-state index < -0.39 is 0 Å². The SMILES string of the molecule is CC(=O)c1cccc(NC(=O)CSc2nnc(-c3cccnc3)n2-c2ccc(Cl)c(Cl)c2)c1.